The van der Waals surface area contributed by atoms with Crippen molar-refractivity contribution in [2.45, 2.75) is 65.5 Å². The Kier molecular flexibility index (Phi) is 7.81. The van der Waals surface area contributed by atoms with Crippen LogP contribution >= 0.6 is 11.6 Å². The van der Waals surface area contributed by atoms with Crippen molar-refractivity contribution in [3.8, 4) is 16.8 Å². The van der Waals surface area contributed by atoms with Crippen LogP contribution in [0.5, 0.6) is 0 Å². The van der Waals surface area contributed by atoms with Crippen LogP contribution in [0.2, 0.25) is 5.02 Å². The maximum atomic E-state index is 17.9. The Balaban J connectivity index is 1.65. The summed E-state index contributed by atoms with van der Waals surface area (Å²) in [6.07, 6.45) is 4.21. The summed E-state index contributed by atoms with van der Waals surface area (Å²) < 4.78 is 19.2. The summed E-state index contributed by atoms with van der Waals surface area (Å²) in [5.41, 5.74) is 3.70. The largest absolute Gasteiger partial charge is 0.354 e. The van der Waals surface area contributed by atoms with Crippen LogP contribution in [-0.4, -0.2) is 66.4 Å². The number of pyridine rings is 1. The van der Waals surface area contributed by atoms with Gasteiger partial charge in [-0.05, 0) is 49.5 Å². The maximum absolute atomic E-state index is 17.9. The van der Waals surface area contributed by atoms with E-state index in [0.29, 0.717) is 44.7 Å². The van der Waals surface area contributed by atoms with Gasteiger partial charge in [0, 0.05) is 29.1 Å². The summed E-state index contributed by atoms with van der Waals surface area (Å²) in [7, 11) is 0. The monoisotopic (exact) mass is 682 g/mol. The molecule has 5 aromatic rings. The average Bonchev–Trinajstić information content (AvgIpc) is 3.54. The fourth-order valence-electron chi connectivity index (χ4n) is 7.29. The molecule has 49 heavy (non-hydrogen) atoms. The van der Waals surface area contributed by atoms with Crippen molar-refractivity contribution in [3.05, 3.63) is 81.7 Å². The van der Waals surface area contributed by atoms with Crippen molar-refractivity contribution in [2.75, 3.05) is 23.3 Å². The number of anilines is 2. The number of aromatic amines is 1. The van der Waals surface area contributed by atoms with Gasteiger partial charge in [0.2, 0.25) is 11.8 Å². The van der Waals surface area contributed by atoms with Crippen molar-refractivity contribution in [1.82, 2.24) is 29.4 Å². The van der Waals surface area contributed by atoms with E-state index < -0.39 is 23.3 Å². The van der Waals surface area contributed by atoms with E-state index in [1.54, 1.807) is 22.2 Å². The molecule has 7 rings (SSSR count). The molecule has 13 heteroatoms. The number of hydrogen-bond donors (Lipinski definition) is 2. The zero-order valence-corrected chi connectivity index (χ0v) is 28.8. The number of piperazine rings is 1. The minimum atomic E-state index is -0.842. The van der Waals surface area contributed by atoms with E-state index >= 15 is 4.39 Å². The van der Waals surface area contributed by atoms with E-state index in [1.807, 2.05) is 53.7 Å². The average molecular weight is 683 g/mol. The maximum Gasteiger partial charge on any atom is 0.281 e. The number of amides is 2. The number of aromatic nitrogens is 5. The minimum absolute atomic E-state index is 0.00786. The van der Waals surface area contributed by atoms with E-state index in [4.69, 9.17) is 11.6 Å². The van der Waals surface area contributed by atoms with Crippen LogP contribution in [0.15, 0.2) is 48.3 Å². The number of carbonyl (C=O) groups is 2. The van der Waals surface area contributed by atoms with Crippen molar-refractivity contribution < 1.29 is 14.0 Å². The van der Waals surface area contributed by atoms with Gasteiger partial charge < -0.3 is 20.1 Å². The predicted octanol–water partition coefficient (Wildman–Crippen LogP) is 6.22. The smallest absolute Gasteiger partial charge is 0.281 e. The Hall–Kier alpha value is -5.10. The first-order chi connectivity index (χ1) is 23.3. The number of imidazole rings is 1. The number of H-pyrrole nitrogens is 1. The normalized spacial score (nSPS) is 17.6. The number of fused-ring (bicyclic) bond motifs is 6. The van der Waals surface area contributed by atoms with Crippen LogP contribution in [0.4, 0.5) is 15.8 Å². The quantitative estimate of drug-likeness (QED) is 0.211. The Morgan fingerprint density at radius 3 is 2.41 bits per heavy atom. The summed E-state index contributed by atoms with van der Waals surface area (Å²) in [5, 5.41) is 3.26. The summed E-state index contributed by atoms with van der Waals surface area (Å²) in [5.74, 6) is -1.82. The molecule has 2 amide bonds. The zero-order valence-electron chi connectivity index (χ0n) is 28.1. The molecule has 0 radical (unpaired) electrons. The van der Waals surface area contributed by atoms with Gasteiger partial charge in [0.1, 0.15) is 18.1 Å². The second-order valence-corrected chi connectivity index (χ2v) is 13.8. The number of halogens is 2. The van der Waals surface area contributed by atoms with Crippen molar-refractivity contribution in [1.29, 1.82) is 0 Å². The van der Waals surface area contributed by atoms with Crippen LogP contribution < -0.4 is 15.8 Å². The van der Waals surface area contributed by atoms with E-state index in [0.717, 1.165) is 5.56 Å². The van der Waals surface area contributed by atoms with E-state index in [2.05, 4.69) is 31.8 Å². The highest BCUT2D eigenvalue weighted by molar-refractivity contribution is 6.35. The Morgan fingerprint density at radius 2 is 1.76 bits per heavy atom. The summed E-state index contributed by atoms with van der Waals surface area (Å²) in [4.78, 5) is 61.6. The third-order valence-corrected chi connectivity index (χ3v) is 9.90. The molecule has 2 aromatic carbocycles. The SMILES string of the molecule is C=CC(=O)N1CC2C(=O)Nc3c(c4cc(Cl)c(-c5c(C)ccc6[nH]cnc56)c(F)c4n(-c4c(C(C)C)ncnc4C(C)C)c3=O)N2CC1C. The molecular weight excluding hydrogens is 647 g/mol. The third kappa shape index (κ3) is 4.83. The molecule has 2 unspecified atom stereocenters. The molecule has 5 heterocycles. The van der Waals surface area contributed by atoms with E-state index in [-0.39, 0.29) is 58.7 Å². The van der Waals surface area contributed by atoms with E-state index in [1.165, 1.54) is 17.0 Å². The molecule has 2 aliphatic rings. The third-order valence-electron chi connectivity index (χ3n) is 9.61. The molecule has 0 bridgehead atoms. The number of rotatable bonds is 5. The summed E-state index contributed by atoms with van der Waals surface area (Å²) in [6.45, 7) is 15.4. The summed E-state index contributed by atoms with van der Waals surface area (Å²) >= 11 is 7.08. The minimum Gasteiger partial charge on any atom is -0.354 e. The molecular formula is C36H36ClFN8O3. The van der Waals surface area contributed by atoms with Crippen molar-refractivity contribution in [3.63, 3.8) is 0 Å². The van der Waals surface area contributed by atoms with Gasteiger partial charge >= 0.3 is 0 Å². The lowest BCUT2D eigenvalue weighted by molar-refractivity contribution is -0.130. The molecule has 3 aromatic heterocycles. The highest BCUT2D eigenvalue weighted by atomic mass is 35.5. The highest BCUT2D eigenvalue weighted by Gasteiger charge is 2.44. The number of aryl methyl sites for hydroxylation is 1. The van der Waals surface area contributed by atoms with Gasteiger partial charge in [-0.2, -0.15) is 0 Å². The molecule has 0 spiro atoms. The van der Waals surface area contributed by atoms with Gasteiger partial charge in [-0.15, -0.1) is 0 Å². The zero-order chi connectivity index (χ0) is 35.0. The predicted molar refractivity (Wildman–Crippen MR) is 189 cm³/mol. The first-order valence-corrected chi connectivity index (χ1v) is 16.6. The first kappa shape index (κ1) is 32.4. The van der Waals surface area contributed by atoms with Crippen LogP contribution in [0, 0.1) is 12.7 Å². The molecule has 2 N–H and O–H groups in total. The van der Waals surface area contributed by atoms with Gasteiger partial charge in [-0.25, -0.2) is 19.3 Å². The number of nitrogens with zero attached hydrogens (tertiary/aromatic N) is 6. The van der Waals surface area contributed by atoms with Gasteiger partial charge in [-0.3, -0.25) is 19.0 Å². The van der Waals surface area contributed by atoms with Gasteiger partial charge in [0.05, 0.1) is 57.2 Å². The Labute approximate surface area is 286 Å². The molecule has 2 aliphatic heterocycles. The fraction of sp³-hybridized carbons (Fsp3) is 0.333. The Morgan fingerprint density at radius 1 is 1.06 bits per heavy atom. The first-order valence-electron chi connectivity index (χ1n) is 16.2. The molecule has 1 saturated heterocycles. The fourth-order valence-corrected chi connectivity index (χ4v) is 7.58. The van der Waals surface area contributed by atoms with Gasteiger partial charge in [-0.1, -0.05) is 51.9 Å². The lowest BCUT2D eigenvalue weighted by Gasteiger charge is -2.48. The van der Waals surface area contributed by atoms with Crippen molar-refractivity contribution >= 4 is 56.7 Å². The standard InChI is InChI=1S/C36H36ClFN8O3/c1-8-24(47)44-13-23-35(48)43-31-33(45(23)12-19(44)7)20-11-21(37)26(25-18(6)9-10-22-30(25)42-14-39-22)27(38)32(20)46(36(31)49)34-28(16(2)3)40-15-41-29(34)17(4)5/h8-11,14-17,19,23H,1,12-13H2,2-7H3,(H,39,42)(H,43,48). The second kappa shape index (κ2) is 11.8. The lowest BCUT2D eigenvalue weighted by atomic mass is 9.94. The number of hydrogen-bond acceptors (Lipinski definition) is 7. The lowest BCUT2D eigenvalue weighted by Crippen LogP contribution is -2.64. The van der Waals surface area contributed by atoms with E-state index in [9.17, 15) is 14.4 Å². The highest BCUT2D eigenvalue weighted by Crippen LogP contribution is 2.46. The molecule has 2 atom stereocenters. The molecule has 1 fully saturated rings. The Bertz CT molecular complexity index is 2270. The summed E-state index contributed by atoms with van der Waals surface area (Å²) in [6, 6.07) is 4.19. The van der Waals surface area contributed by atoms with Crippen LogP contribution in [0.3, 0.4) is 0 Å². The van der Waals surface area contributed by atoms with Crippen LogP contribution in [-0.2, 0) is 9.59 Å². The molecule has 11 nitrogen and oxygen atoms in total. The van der Waals surface area contributed by atoms with Gasteiger partial charge in [0.15, 0.2) is 5.82 Å². The molecule has 252 valence electrons. The van der Waals surface area contributed by atoms with Crippen LogP contribution in [0.25, 0.3) is 38.8 Å². The van der Waals surface area contributed by atoms with Crippen molar-refractivity contribution in [2.24, 2.45) is 0 Å². The second-order valence-electron chi connectivity index (χ2n) is 13.4. The molecule has 0 aliphatic carbocycles. The number of carbonyl (C=O) groups excluding carboxylic acids is 2. The topological polar surface area (TPSA) is 129 Å². The molecule has 0 saturated carbocycles. The number of nitrogens with one attached hydrogen (secondary N) is 2. The number of benzene rings is 2. The van der Waals surface area contributed by atoms with Crippen LogP contribution in [0.1, 0.15) is 63.4 Å². The van der Waals surface area contributed by atoms with Gasteiger partial charge in [0.25, 0.3) is 5.56 Å².